The largest absolute Gasteiger partial charge is 0.356 e. The molecule has 0 aliphatic rings. The minimum Gasteiger partial charge on any atom is -0.356 e. The van der Waals surface area contributed by atoms with Gasteiger partial charge in [-0.15, -0.1) is 0 Å². The quantitative estimate of drug-likeness (QED) is 0.526. The summed E-state index contributed by atoms with van der Waals surface area (Å²) < 4.78 is 0. The number of thioether (sulfide) groups is 1. The molecule has 12 heavy (non-hydrogen) atoms. The van der Waals surface area contributed by atoms with E-state index >= 15 is 0 Å². The molecule has 0 aliphatic carbocycles. The summed E-state index contributed by atoms with van der Waals surface area (Å²) in [5, 5.41) is 2.58. The average molecular weight is 187 g/mol. The van der Waals surface area contributed by atoms with Crippen LogP contribution in [0.25, 0.3) is 0 Å². The molecule has 0 aromatic carbocycles. The third kappa shape index (κ3) is 5.97. The zero-order valence-electron chi connectivity index (χ0n) is 7.35. The lowest BCUT2D eigenvalue weighted by Crippen LogP contribution is -2.22. The molecule has 4 heteroatoms. The smallest absolute Gasteiger partial charge is 0.216 e. The van der Waals surface area contributed by atoms with E-state index in [2.05, 4.69) is 11.9 Å². The summed E-state index contributed by atoms with van der Waals surface area (Å²) in [6.45, 7) is 7.16. The topological polar surface area (TPSA) is 46.2 Å². The van der Waals surface area contributed by atoms with Crippen LogP contribution in [0.4, 0.5) is 0 Å². The number of carbonyl (C=O) groups is 2. The van der Waals surface area contributed by atoms with E-state index in [-0.39, 0.29) is 11.0 Å². The second kappa shape index (κ2) is 5.83. The maximum absolute atomic E-state index is 10.9. The average Bonchev–Trinajstić information content (AvgIpc) is 1.97. The highest BCUT2D eigenvalue weighted by atomic mass is 32.2. The molecule has 0 fully saturated rings. The molecule has 1 amide bonds. The lowest BCUT2D eigenvalue weighted by atomic mass is 10.4. The molecule has 0 spiro atoms. The summed E-state index contributed by atoms with van der Waals surface area (Å²) in [7, 11) is 0. The van der Waals surface area contributed by atoms with Gasteiger partial charge in [-0.1, -0.05) is 18.3 Å². The Bertz CT molecular complexity index is 201. The highest BCUT2D eigenvalue weighted by Crippen LogP contribution is 2.06. The van der Waals surface area contributed by atoms with Gasteiger partial charge in [-0.2, -0.15) is 0 Å². The fourth-order valence-electron chi connectivity index (χ4n) is 0.494. The monoisotopic (exact) mass is 187 g/mol. The fourth-order valence-corrected chi connectivity index (χ4v) is 1.13. The van der Waals surface area contributed by atoms with Gasteiger partial charge in [0, 0.05) is 19.2 Å². The van der Waals surface area contributed by atoms with Crippen LogP contribution >= 0.6 is 11.8 Å². The van der Waals surface area contributed by atoms with E-state index in [9.17, 15) is 9.59 Å². The predicted octanol–water partition coefficient (Wildman–Crippen LogP) is 0.958. The maximum atomic E-state index is 10.9. The second-order valence-corrected chi connectivity index (χ2v) is 3.47. The van der Waals surface area contributed by atoms with Crippen LogP contribution in [0.15, 0.2) is 12.2 Å². The Morgan fingerprint density at radius 3 is 2.42 bits per heavy atom. The van der Waals surface area contributed by atoms with Crippen molar-refractivity contribution < 1.29 is 9.59 Å². The van der Waals surface area contributed by atoms with Crippen molar-refractivity contribution in [1.82, 2.24) is 5.32 Å². The van der Waals surface area contributed by atoms with Crippen molar-refractivity contribution in [2.75, 3.05) is 12.3 Å². The van der Waals surface area contributed by atoms with Gasteiger partial charge in [0.1, 0.15) is 0 Å². The zero-order valence-corrected chi connectivity index (χ0v) is 8.16. The van der Waals surface area contributed by atoms with Gasteiger partial charge in [0.25, 0.3) is 0 Å². The Morgan fingerprint density at radius 2 is 2.00 bits per heavy atom. The summed E-state index contributed by atoms with van der Waals surface area (Å²) in [4.78, 5) is 21.3. The second-order valence-electron chi connectivity index (χ2n) is 2.40. The van der Waals surface area contributed by atoms with Crippen LogP contribution in [-0.4, -0.2) is 23.3 Å². The van der Waals surface area contributed by atoms with Gasteiger partial charge in [-0.05, 0) is 12.5 Å². The minimum atomic E-state index is -0.0710. The van der Waals surface area contributed by atoms with Crippen molar-refractivity contribution in [3.63, 3.8) is 0 Å². The number of carbonyl (C=O) groups excluding carboxylic acids is 2. The van der Waals surface area contributed by atoms with Crippen molar-refractivity contribution in [1.29, 1.82) is 0 Å². The maximum Gasteiger partial charge on any atom is 0.216 e. The molecule has 0 saturated carbocycles. The van der Waals surface area contributed by atoms with Crippen LogP contribution in [0.3, 0.4) is 0 Å². The van der Waals surface area contributed by atoms with Gasteiger partial charge in [-0.3, -0.25) is 9.59 Å². The van der Waals surface area contributed by atoms with E-state index in [0.717, 1.165) is 0 Å². The number of nitrogens with one attached hydrogen (secondary N) is 1. The highest BCUT2D eigenvalue weighted by molar-refractivity contribution is 8.14. The molecule has 0 unspecified atom stereocenters. The van der Waals surface area contributed by atoms with E-state index in [1.165, 1.54) is 18.7 Å². The lowest BCUT2D eigenvalue weighted by molar-refractivity contribution is -0.118. The lowest BCUT2D eigenvalue weighted by Gasteiger charge is -2.00. The number of amides is 1. The number of rotatable bonds is 4. The Balaban J connectivity index is 3.38. The van der Waals surface area contributed by atoms with Crippen LogP contribution in [0.5, 0.6) is 0 Å². The first kappa shape index (κ1) is 11.2. The fraction of sp³-hybridized carbons (Fsp3) is 0.500. The molecule has 0 saturated heterocycles. The van der Waals surface area contributed by atoms with Crippen molar-refractivity contribution in [2.24, 2.45) is 0 Å². The number of hydrogen-bond acceptors (Lipinski definition) is 3. The molecular weight excluding hydrogens is 174 g/mol. The van der Waals surface area contributed by atoms with Crippen LogP contribution in [-0.2, 0) is 9.59 Å². The summed E-state index contributed by atoms with van der Waals surface area (Å²) in [5.41, 5.74) is 0.544. The third-order valence-electron chi connectivity index (χ3n) is 1.06. The van der Waals surface area contributed by atoms with E-state index in [1.807, 2.05) is 0 Å². The highest BCUT2D eigenvalue weighted by Gasteiger charge is 2.01. The summed E-state index contributed by atoms with van der Waals surface area (Å²) in [6, 6.07) is 0. The molecule has 0 aromatic heterocycles. The van der Waals surface area contributed by atoms with Gasteiger partial charge in [-0.25, -0.2) is 0 Å². The summed E-state index contributed by atoms with van der Waals surface area (Å²) in [6.07, 6.45) is 0. The first-order valence-electron chi connectivity index (χ1n) is 3.61. The van der Waals surface area contributed by atoms with Crippen molar-refractivity contribution in [3.8, 4) is 0 Å². The molecule has 0 radical (unpaired) electrons. The first-order chi connectivity index (χ1) is 5.54. The predicted molar refractivity (Wildman–Crippen MR) is 51.0 cm³/mol. The third-order valence-corrected chi connectivity index (χ3v) is 2.08. The van der Waals surface area contributed by atoms with E-state index in [0.29, 0.717) is 17.9 Å². The van der Waals surface area contributed by atoms with Gasteiger partial charge in [0.05, 0.1) is 0 Å². The van der Waals surface area contributed by atoms with Crippen LogP contribution in [0.2, 0.25) is 0 Å². The van der Waals surface area contributed by atoms with Gasteiger partial charge < -0.3 is 5.32 Å². The molecule has 0 aromatic rings. The normalized spacial score (nSPS) is 9.17. The minimum absolute atomic E-state index is 0.0136. The standard InChI is InChI=1S/C8H13NO2S/c1-6(2)8(11)12-5-4-9-7(3)10/h1,4-5H2,2-3H3,(H,9,10). The zero-order chi connectivity index (χ0) is 9.56. The molecule has 0 rings (SSSR count). The molecule has 0 aliphatic heterocycles. The van der Waals surface area contributed by atoms with Crippen molar-refractivity contribution >= 4 is 22.8 Å². The van der Waals surface area contributed by atoms with E-state index < -0.39 is 0 Å². The van der Waals surface area contributed by atoms with Crippen molar-refractivity contribution in [2.45, 2.75) is 13.8 Å². The van der Waals surface area contributed by atoms with Gasteiger partial charge >= 0.3 is 0 Å². The van der Waals surface area contributed by atoms with Crippen LogP contribution in [0, 0.1) is 0 Å². The Labute approximate surface area is 76.6 Å². The number of hydrogen-bond donors (Lipinski definition) is 1. The summed E-state index contributed by atoms with van der Waals surface area (Å²) in [5.74, 6) is 0.532. The first-order valence-corrected chi connectivity index (χ1v) is 4.59. The molecule has 0 heterocycles. The van der Waals surface area contributed by atoms with Crippen molar-refractivity contribution in [3.05, 3.63) is 12.2 Å². The Kier molecular flexibility index (Phi) is 5.45. The van der Waals surface area contributed by atoms with Gasteiger partial charge in [0.15, 0.2) is 0 Å². The molecule has 68 valence electrons. The molecule has 0 atom stereocenters. The molecule has 0 bridgehead atoms. The SMILES string of the molecule is C=C(C)C(=O)SCCNC(C)=O. The van der Waals surface area contributed by atoms with Gasteiger partial charge in [0.2, 0.25) is 11.0 Å². The van der Waals surface area contributed by atoms with E-state index in [1.54, 1.807) is 6.92 Å². The summed E-state index contributed by atoms with van der Waals surface area (Å²) >= 11 is 1.17. The van der Waals surface area contributed by atoms with Crippen LogP contribution in [0.1, 0.15) is 13.8 Å². The Hall–Kier alpha value is -0.770. The van der Waals surface area contributed by atoms with E-state index in [4.69, 9.17) is 0 Å². The molecule has 1 N–H and O–H groups in total. The Morgan fingerprint density at radius 1 is 1.42 bits per heavy atom. The molecule has 3 nitrogen and oxygen atoms in total. The molecular formula is C8H13NO2S. The van der Waals surface area contributed by atoms with Crippen LogP contribution < -0.4 is 5.32 Å².